The van der Waals surface area contributed by atoms with Gasteiger partial charge in [0.1, 0.15) is 0 Å². The van der Waals surface area contributed by atoms with Gasteiger partial charge in [0.25, 0.3) is 0 Å². The molecule has 4 nitrogen and oxygen atoms in total. The molecule has 0 saturated carbocycles. The van der Waals surface area contributed by atoms with E-state index in [1.807, 2.05) is 26.3 Å². The summed E-state index contributed by atoms with van der Waals surface area (Å²) in [6, 6.07) is 5.38. The van der Waals surface area contributed by atoms with Gasteiger partial charge in [-0.05, 0) is 54.7 Å². The summed E-state index contributed by atoms with van der Waals surface area (Å²) in [6.07, 6.45) is 2.92. The van der Waals surface area contributed by atoms with E-state index in [1.54, 1.807) is 23.9 Å². The standard InChI is InChI=1S/C15H26N2O2S2/c1-5-13-6-7-15(8-14(13)10-16-3)21(18,19)17-9-12(2)11-20-4/h6-8,12,16-17H,5,9-11H2,1-4H3. The largest absolute Gasteiger partial charge is 0.316 e. The lowest BCUT2D eigenvalue weighted by atomic mass is 10.1. The monoisotopic (exact) mass is 330 g/mol. The summed E-state index contributed by atoms with van der Waals surface area (Å²) in [6.45, 7) is 5.27. The number of hydrogen-bond donors (Lipinski definition) is 2. The van der Waals surface area contributed by atoms with Crippen molar-refractivity contribution < 1.29 is 8.42 Å². The van der Waals surface area contributed by atoms with Crippen LogP contribution in [0.1, 0.15) is 25.0 Å². The summed E-state index contributed by atoms with van der Waals surface area (Å²) >= 11 is 1.73. The number of hydrogen-bond acceptors (Lipinski definition) is 4. The first-order chi connectivity index (χ1) is 9.94. The highest BCUT2D eigenvalue weighted by Crippen LogP contribution is 2.17. The van der Waals surface area contributed by atoms with Gasteiger partial charge in [-0.25, -0.2) is 13.1 Å². The van der Waals surface area contributed by atoms with E-state index >= 15 is 0 Å². The number of benzene rings is 1. The van der Waals surface area contributed by atoms with E-state index in [9.17, 15) is 8.42 Å². The van der Waals surface area contributed by atoms with Crippen LogP contribution in [0.3, 0.4) is 0 Å². The molecule has 0 radical (unpaired) electrons. The third-order valence-electron chi connectivity index (χ3n) is 3.31. The van der Waals surface area contributed by atoms with Crippen molar-refractivity contribution in [2.45, 2.75) is 31.7 Å². The Labute approximate surface area is 133 Å². The summed E-state index contributed by atoms with van der Waals surface area (Å²) in [5, 5.41) is 3.09. The quantitative estimate of drug-likeness (QED) is 0.729. The number of nitrogens with one attached hydrogen (secondary N) is 2. The second-order valence-electron chi connectivity index (χ2n) is 5.23. The summed E-state index contributed by atoms with van der Waals surface area (Å²) in [5.41, 5.74) is 2.22. The van der Waals surface area contributed by atoms with Crippen LogP contribution in [0, 0.1) is 5.92 Å². The van der Waals surface area contributed by atoms with Crippen molar-refractivity contribution >= 4 is 21.8 Å². The van der Waals surface area contributed by atoms with Crippen molar-refractivity contribution in [3.05, 3.63) is 29.3 Å². The van der Waals surface area contributed by atoms with Crippen LogP contribution in [0.2, 0.25) is 0 Å². The minimum Gasteiger partial charge on any atom is -0.316 e. The van der Waals surface area contributed by atoms with Crippen LogP contribution < -0.4 is 10.0 Å². The molecule has 2 N–H and O–H groups in total. The van der Waals surface area contributed by atoms with Gasteiger partial charge in [0.05, 0.1) is 4.90 Å². The minimum absolute atomic E-state index is 0.321. The average molecular weight is 331 g/mol. The van der Waals surface area contributed by atoms with E-state index in [0.717, 1.165) is 17.7 Å². The number of sulfonamides is 1. The topological polar surface area (TPSA) is 58.2 Å². The lowest BCUT2D eigenvalue weighted by molar-refractivity contribution is 0.562. The fourth-order valence-electron chi connectivity index (χ4n) is 2.15. The molecule has 0 aliphatic carbocycles. The average Bonchev–Trinajstić information content (AvgIpc) is 2.46. The Morgan fingerprint density at radius 1 is 1.29 bits per heavy atom. The van der Waals surface area contributed by atoms with Crippen LogP contribution in [-0.4, -0.2) is 34.0 Å². The molecule has 6 heteroatoms. The molecule has 21 heavy (non-hydrogen) atoms. The van der Waals surface area contributed by atoms with Crippen molar-refractivity contribution in [2.75, 3.05) is 25.6 Å². The van der Waals surface area contributed by atoms with Crippen molar-refractivity contribution in [1.82, 2.24) is 10.0 Å². The predicted octanol–water partition coefficient (Wildman–Crippen LogP) is 2.25. The number of thioether (sulfide) groups is 1. The highest BCUT2D eigenvalue weighted by atomic mass is 32.2. The second-order valence-corrected chi connectivity index (χ2v) is 7.90. The normalized spacial score (nSPS) is 13.3. The second kappa shape index (κ2) is 8.78. The Morgan fingerprint density at radius 3 is 2.57 bits per heavy atom. The van der Waals surface area contributed by atoms with Crippen LogP contribution in [-0.2, 0) is 23.0 Å². The van der Waals surface area contributed by atoms with Crippen LogP contribution >= 0.6 is 11.8 Å². The van der Waals surface area contributed by atoms with E-state index < -0.39 is 10.0 Å². The highest BCUT2D eigenvalue weighted by molar-refractivity contribution is 7.98. The van der Waals surface area contributed by atoms with E-state index in [2.05, 4.69) is 17.0 Å². The molecule has 1 aromatic rings. The first kappa shape index (κ1) is 18.5. The maximum atomic E-state index is 12.4. The summed E-state index contributed by atoms with van der Waals surface area (Å²) in [5.74, 6) is 1.27. The van der Waals surface area contributed by atoms with Gasteiger partial charge < -0.3 is 5.32 Å². The Morgan fingerprint density at radius 2 is 2.00 bits per heavy atom. The molecule has 0 aliphatic heterocycles. The Kier molecular flexibility index (Phi) is 7.73. The predicted molar refractivity (Wildman–Crippen MR) is 91.3 cm³/mol. The first-order valence-electron chi connectivity index (χ1n) is 7.19. The molecular formula is C15H26N2O2S2. The lowest BCUT2D eigenvalue weighted by Crippen LogP contribution is -2.29. The van der Waals surface area contributed by atoms with Crippen molar-refractivity contribution in [3.63, 3.8) is 0 Å². The minimum atomic E-state index is -3.43. The van der Waals surface area contributed by atoms with Crippen LogP contribution in [0.4, 0.5) is 0 Å². The SMILES string of the molecule is CCc1ccc(S(=O)(=O)NCC(C)CSC)cc1CNC. The molecule has 1 aromatic carbocycles. The molecule has 1 atom stereocenters. The molecule has 0 aromatic heterocycles. The summed E-state index contributed by atoms with van der Waals surface area (Å²) in [4.78, 5) is 0.348. The Balaban J connectivity index is 2.90. The molecule has 120 valence electrons. The van der Waals surface area contributed by atoms with Crippen molar-refractivity contribution in [2.24, 2.45) is 5.92 Å². The molecule has 1 rings (SSSR count). The molecule has 1 unspecified atom stereocenters. The van der Waals surface area contributed by atoms with Gasteiger partial charge in [-0.2, -0.15) is 11.8 Å². The highest BCUT2D eigenvalue weighted by Gasteiger charge is 2.16. The Hall–Kier alpha value is -0.560. The fourth-order valence-corrected chi connectivity index (χ4v) is 4.05. The third kappa shape index (κ3) is 5.62. The Bertz CT molecular complexity index is 545. The van der Waals surface area contributed by atoms with Gasteiger partial charge in [0, 0.05) is 13.1 Å². The van der Waals surface area contributed by atoms with Crippen LogP contribution in [0.5, 0.6) is 0 Å². The molecule has 0 heterocycles. The molecule has 0 spiro atoms. The zero-order valence-electron chi connectivity index (χ0n) is 13.3. The van der Waals surface area contributed by atoms with Gasteiger partial charge in [-0.15, -0.1) is 0 Å². The van der Waals surface area contributed by atoms with Crippen molar-refractivity contribution in [1.29, 1.82) is 0 Å². The van der Waals surface area contributed by atoms with E-state index in [-0.39, 0.29) is 0 Å². The molecule has 0 amide bonds. The van der Waals surface area contributed by atoms with Gasteiger partial charge in [-0.1, -0.05) is 19.9 Å². The zero-order chi connectivity index (χ0) is 15.9. The third-order valence-corrected chi connectivity index (χ3v) is 5.63. The number of aryl methyl sites for hydroxylation is 1. The zero-order valence-corrected chi connectivity index (χ0v) is 14.9. The van der Waals surface area contributed by atoms with Crippen LogP contribution in [0.15, 0.2) is 23.1 Å². The van der Waals surface area contributed by atoms with Crippen molar-refractivity contribution in [3.8, 4) is 0 Å². The maximum Gasteiger partial charge on any atom is 0.240 e. The first-order valence-corrected chi connectivity index (χ1v) is 10.1. The maximum absolute atomic E-state index is 12.4. The van der Waals surface area contributed by atoms with E-state index in [4.69, 9.17) is 0 Å². The molecular weight excluding hydrogens is 304 g/mol. The van der Waals surface area contributed by atoms with Crippen LogP contribution in [0.25, 0.3) is 0 Å². The van der Waals surface area contributed by atoms with Gasteiger partial charge >= 0.3 is 0 Å². The molecule has 0 fully saturated rings. The fraction of sp³-hybridized carbons (Fsp3) is 0.600. The summed E-state index contributed by atoms with van der Waals surface area (Å²) in [7, 11) is -1.56. The summed E-state index contributed by atoms with van der Waals surface area (Å²) < 4.78 is 27.4. The molecule has 0 bridgehead atoms. The van der Waals surface area contributed by atoms with Gasteiger partial charge in [0.15, 0.2) is 0 Å². The van der Waals surface area contributed by atoms with E-state index in [0.29, 0.717) is 23.9 Å². The molecule has 0 aliphatic rings. The van der Waals surface area contributed by atoms with Gasteiger partial charge in [-0.3, -0.25) is 0 Å². The lowest BCUT2D eigenvalue weighted by Gasteiger charge is -2.14. The van der Waals surface area contributed by atoms with E-state index in [1.165, 1.54) is 5.56 Å². The number of rotatable bonds is 9. The smallest absolute Gasteiger partial charge is 0.240 e. The van der Waals surface area contributed by atoms with Gasteiger partial charge in [0.2, 0.25) is 10.0 Å². The molecule has 0 saturated heterocycles.